The molecule has 0 saturated heterocycles. The normalized spacial score (nSPS) is 11.3. The van der Waals surface area contributed by atoms with Crippen molar-refractivity contribution in [3.8, 4) is 0 Å². The zero-order chi connectivity index (χ0) is 17.3. The van der Waals surface area contributed by atoms with Crippen LogP contribution >= 0.6 is 0 Å². The van der Waals surface area contributed by atoms with Crippen LogP contribution in [0.4, 0.5) is 0 Å². The van der Waals surface area contributed by atoms with Gasteiger partial charge in [0.15, 0.2) is 5.96 Å². The first-order chi connectivity index (χ1) is 12.3. The van der Waals surface area contributed by atoms with E-state index in [0.29, 0.717) is 6.54 Å². The van der Waals surface area contributed by atoms with Crippen molar-refractivity contribution in [1.82, 2.24) is 20.4 Å². The summed E-state index contributed by atoms with van der Waals surface area (Å²) >= 11 is 0. The maximum atomic E-state index is 4.43. The van der Waals surface area contributed by atoms with Gasteiger partial charge in [-0.1, -0.05) is 60.7 Å². The molecule has 0 aliphatic heterocycles. The summed E-state index contributed by atoms with van der Waals surface area (Å²) in [5.41, 5.74) is 3.59. The molecule has 0 atom stereocenters. The molecule has 0 bridgehead atoms. The monoisotopic (exact) mass is 333 g/mol. The second-order valence-electron chi connectivity index (χ2n) is 5.80. The molecule has 5 heteroatoms. The summed E-state index contributed by atoms with van der Waals surface area (Å²) < 4.78 is 1.95. The van der Waals surface area contributed by atoms with Gasteiger partial charge in [0, 0.05) is 31.9 Å². The van der Waals surface area contributed by atoms with Crippen molar-refractivity contribution in [2.45, 2.75) is 19.6 Å². The fraction of sp³-hybridized carbons (Fsp3) is 0.200. The van der Waals surface area contributed by atoms with Crippen molar-refractivity contribution in [3.05, 3.63) is 89.7 Å². The molecule has 1 aromatic heterocycles. The maximum Gasteiger partial charge on any atom is 0.191 e. The van der Waals surface area contributed by atoms with E-state index in [4.69, 9.17) is 0 Å². The Bertz CT molecular complexity index is 793. The second-order valence-corrected chi connectivity index (χ2v) is 5.80. The highest BCUT2D eigenvalue weighted by atomic mass is 15.3. The van der Waals surface area contributed by atoms with E-state index in [9.17, 15) is 0 Å². The van der Waals surface area contributed by atoms with Crippen LogP contribution in [0.5, 0.6) is 0 Å². The molecule has 128 valence electrons. The van der Waals surface area contributed by atoms with Gasteiger partial charge in [0.05, 0.1) is 12.7 Å². The van der Waals surface area contributed by atoms with Gasteiger partial charge in [-0.3, -0.25) is 9.67 Å². The highest BCUT2D eigenvalue weighted by Crippen LogP contribution is 2.04. The Labute approximate surface area is 148 Å². The number of aliphatic imine (C=N–C) groups is 1. The molecule has 0 amide bonds. The lowest BCUT2D eigenvalue weighted by Crippen LogP contribution is -2.36. The summed E-state index contributed by atoms with van der Waals surface area (Å²) in [5.74, 6) is 0.777. The number of aromatic nitrogens is 2. The fourth-order valence-corrected chi connectivity index (χ4v) is 2.54. The summed E-state index contributed by atoms with van der Waals surface area (Å²) in [6.45, 7) is 2.21. The number of nitrogens with one attached hydrogen (secondary N) is 2. The van der Waals surface area contributed by atoms with Crippen LogP contribution in [-0.4, -0.2) is 22.8 Å². The van der Waals surface area contributed by atoms with E-state index >= 15 is 0 Å². The SMILES string of the molecule is CN=C(NCc1ccccc1)NCc1cnn(Cc2ccccc2)c1. The summed E-state index contributed by atoms with van der Waals surface area (Å²) in [5, 5.41) is 11.1. The summed E-state index contributed by atoms with van der Waals surface area (Å²) in [4.78, 5) is 4.26. The minimum Gasteiger partial charge on any atom is -0.352 e. The minimum atomic E-state index is 0.684. The van der Waals surface area contributed by atoms with Gasteiger partial charge in [-0.25, -0.2) is 0 Å². The molecular weight excluding hydrogens is 310 g/mol. The third kappa shape index (κ3) is 5.21. The molecule has 0 aliphatic rings. The first kappa shape index (κ1) is 16.8. The smallest absolute Gasteiger partial charge is 0.191 e. The Kier molecular flexibility index (Phi) is 5.82. The number of nitrogens with zero attached hydrogens (tertiary/aromatic N) is 3. The quantitative estimate of drug-likeness (QED) is 0.539. The number of hydrogen-bond donors (Lipinski definition) is 2. The van der Waals surface area contributed by atoms with E-state index in [0.717, 1.165) is 24.6 Å². The Morgan fingerprint density at radius 1 is 0.880 bits per heavy atom. The molecule has 0 spiro atoms. The Balaban J connectivity index is 1.49. The molecule has 0 fully saturated rings. The molecule has 25 heavy (non-hydrogen) atoms. The average molecular weight is 333 g/mol. The highest BCUT2D eigenvalue weighted by Gasteiger charge is 2.02. The minimum absolute atomic E-state index is 0.684. The van der Waals surface area contributed by atoms with Crippen molar-refractivity contribution in [2.24, 2.45) is 4.99 Å². The molecule has 0 unspecified atom stereocenters. The standard InChI is InChI=1S/C20H23N5/c1-21-20(22-12-17-8-4-2-5-9-17)23-13-19-14-24-25(16-19)15-18-10-6-3-7-11-18/h2-11,14,16H,12-13,15H2,1H3,(H2,21,22,23). The lowest BCUT2D eigenvalue weighted by atomic mass is 10.2. The maximum absolute atomic E-state index is 4.43. The largest absolute Gasteiger partial charge is 0.352 e. The molecule has 2 aromatic carbocycles. The van der Waals surface area contributed by atoms with Crippen LogP contribution in [0.3, 0.4) is 0 Å². The lowest BCUT2D eigenvalue weighted by Gasteiger charge is -2.11. The van der Waals surface area contributed by atoms with Gasteiger partial charge in [-0.2, -0.15) is 5.10 Å². The van der Waals surface area contributed by atoms with Gasteiger partial charge >= 0.3 is 0 Å². The average Bonchev–Trinajstić information content (AvgIpc) is 3.11. The third-order valence-corrected chi connectivity index (χ3v) is 3.86. The van der Waals surface area contributed by atoms with Crippen LogP contribution in [0.1, 0.15) is 16.7 Å². The van der Waals surface area contributed by atoms with Gasteiger partial charge in [0.2, 0.25) is 0 Å². The molecule has 5 nitrogen and oxygen atoms in total. The van der Waals surface area contributed by atoms with E-state index in [1.165, 1.54) is 11.1 Å². The molecule has 1 heterocycles. The zero-order valence-corrected chi connectivity index (χ0v) is 14.4. The van der Waals surface area contributed by atoms with E-state index < -0.39 is 0 Å². The van der Waals surface area contributed by atoms with Crippen molar-refractivity contribution in [3.63, 3.8) is 0 Å². The van der Waals surface area contributed by atoms with Gasteiger partial charge < -0.3 is 10.6 Å². The van der Waals surface area contributed by atoms with Crippen LogP contribution in [0, 0.1) is 0 Å². The molecule has 3 aromatic rings. The molecule has 0 saturated carbocycles. The van der Waals surface area contributed by atoms with Crippen LogP contribution in [-0.2, 0) is 19.6 Å². The predicted octanol–water partition coefficient (Wildman–Crippen LogP) is 2.80. The third-order valence-electron chi connectivity index (χ3n) is 3.86. The van der Waals surface area contributed by atoms with Crippen LogP contribution in [0.15, 0.2) is 78.0 Å². The van der Waals surface area contributed by atoms with E-state index in [2.05, 4.69) is 51.2 Å². The summed E-state index contributed by atoms with van der Waals surface area (Å²) in [7, 11) is 1.78. The van der Waals surface area contributed by atoms with Gasteiger partial charge in [-0.05, 0) is 11.1 Å². The second kappa shape index (κ2) is 8.68. The van der Waals surface area contributed by atoms with Crippen molar-refractivity contribution in [1.29, 1.82) is 0 Å². The van der Waals surface area contributed by atoms with Crippen LogP contribution in [0.25, 0.3) is 0 Å². The van der Waals surface area contributed by atoms with Crippen molar-refractivity contribution in [2.75, 3.05) is 7.05 Å². The van der Waals surface area contributed by atoms with Crippen molar-refractivity contribution < 1.29 is 0 Å². The summed E-state index contributed by atoms with van der Waals surface area (Å²) in [6.07, 6.45) is 3.95. The van der Waals surface area contributed by atoms with E-state index in [1.54, 1.807) is 7.05 Å². The molecule has 0 radical (unpaired) electrons. The van der Waals surface area contributed by atoms with Gasteiger partial charge in [0.1, 0.15) is 0 Å². The van der Waals surface area contributed by atoms with Crippen LogP contribution < -0.4 is 10.6 Å². The number of benzene rings is 2. The Hall–Kier alpha value is -3.08. The molecule has 2 N–H and O–H groups in total. The number of hydrogen-bond acceptors (Lipinski definition) is 2. The summed E-state index contributed by atoms with van der Waals surface area (Å²) in [6, 6.07) is 20.6. The Morgan fingerprint density at radius 2 is 1.48 bits per heavy atom. The topological polar surface area (TPSA) is 54.2 Å². The fourth-order valence-electron chi connectivity index (χ4n) is 2.54. The molecular formula is C20H23N5. The van der Waals surface area contributed by atoms with Gasteiger partial charge in [-0.15, -0.1) is 0 Å². The first-order valence-electron chi connectivity index (χ1n) is 8.37. The van der Waals surface area contributed by atoms with Gasteiger partial charge in [0.25, 0.3) is 0 Å². The predicted molar refractivity (Wildman–Crippen MR) is 101 cm³/mol. The van der Waals surface area contributed by atoms with E-state index in [-0.39, 0.29) is 0 Å². The lowest BCUT2D eigenvalue weighted by molar-refractivity contribution is 0.685. The first-order valence-corrected chi connectivity index (χ1v) is 8.37. The van der Waals surface area contributed by atoms with Crippen molar-refractivity contribution >= 4 is 5.96 Å². The van der Waals surface area contributed by atoms with E-state index in [1.807, 2.05) is 47.3 Å². The zero-order valence-electron chi connectivity index (χ0n) is 14.4. The Morgan fingerprint density at radius 3 is 2.12 bits per heavy atom. The van der Waals surface area contributed by atoms with Crippen LogP contribution in [0.2, 0.25) is 0 Å². The number of rotatable bonds is 6. The molecule has 0 aliphatic carbocycles. The highest BCUT2D eigenvalue weighted by molar-refractivity contribution is 5.79. The molecule has 3 rings (SSSR count). The number of guanidine groups is 1.